The second kappa shape index (κ2) is 6.74. The van der Waals surface area contributed by atoms with Crippen LogP contribution in [0.1, 0.15) is 51.6 Å². The topological polar surface area (TPSA) is 49.4 Å². The molecule has 0 aliphatic carbocycles. The molecule has 4 nitrogen and oxygen atoms in total. The number of carbonyl (C=O) groups is 2. The molecule has 4 heteroatoms. The Bertz CT molecular complexity index is 501. The van der Waals surface area contributed by atoms with E-state index in [1.54, 1.807) is 4.90 Å². The molecule has 1 N–H and O–H groups in total. The molecule has 114 valence electrons. The molecule has 0 saturated carbocycles. The molecule has 1 aliphatic rings. The van der Waals surface area contributed by atoms with E-state index in [0.29, 0.717) is 6.42 Å². The highest BCUT2D eigenvalue weighted by Crippen LogP contribution is 2.29. The average molecular weight is 288 g/mol. The van der Waals surface area contributed by atoms with Crippen molar-refractivity contribution in [2.24, 2.45) is 0 Å². The summed E-state index contributed by atoms with van der Waals surface area (Å²) >= 11 is 0. The third-order valence-corrected chi connectivity index (χ3v) is 4.15. The van der Waals surface area contributed by atoms with Gasteiger partial charge in [-0.1, -0.05) is 50.6 Å². The van der Waals surface area contributed by atoms with Crippen LogP contribution < -0.4 is 5.32 Å². The molecule has 21 heavy (non-hydrogen) atoms. The van der Waals surface area contributed by atoms with Crippen molar-refractivity contribution < 1.29 is 9.59 Å². The van der Waals surface area contributed by atoms with Crippen LogP contribution in [-0.2, 0) is 9.59 Å². The van der Waals surface area contributed by atoms with Gasteiger partial charge >= 0.3 is 0 Å². The standard InChI is InChI=1S/C17H24N2O2/c1-4-9-14-17(21)19(12(3)5-2)15(16(20)18-14)13-10-7-6-8-11-13/h6-8,10-12,14-15H,4-5,9H2,1-3H3,(H,18,20). The molecular weight excluding hydrogens is 264 g/mol. The molecule has 1 fully saturated rings. The van der Waals surface area contributed by atoms with Gasteiger partial charge in [0, 0.05) is 6.04 Å². The first-order chi connectivity index (χ1) is 10.1. The lowest BCUT2D eigenvalue weighted by Crippen LogP contribution is -2.61. The first-order valence-corrected chi connectivity index (χ1v) is 7.77. The van der Waals surface area contributed by atoms with Crippen LogP contribution >= 0.6 is 0 Å². The maximum atomic E-state index is 12.8. The van der Waals surface area contributed by atoms with E-state index in [9.17, 15) is 9.59 Å². The summed E-state index contributed by atoms with van der Waals surface area (Å²) in [6.07, 6.45) is 2.40. The fraction of sp³-hybridized carbons (Fsp3) is 0.529. The summed E-state index contributed by atoms with van der Waals surface area (Å²) in [5, 5.41) is 2.89. The first kappa shape index (κ1) is 15.5. The number of carbonyl (C=O) groups excluding carboxylic acids is 2. The Morgan fingerprint density at radius 2 is 1.86 bits per heavy atom. The van der Waals surface area contributed by atoms with Crippen molar-refractivity contribution in [1.29, 1.82) is 0 Å². The van der Waals surface area contributed by atoms with Crippen LogP contribution in [0.15, 0.2) is 30.3 Å². The number of hydrogen-bond donors (Lipinski definition) is 1. The Balaban J connectivity index is 2.37. The van der Waals surface area contributed by atoms with Crippen LogP contribution in [0.25, 0.3) is 0 Å². The molecule has 1 aromatic rings. The van der Waals surface area contributed by atoms with Crippen molar-refractivity contribution >= 4 is 11.8 Å². The summed E-state index contributed by atoms with van der Waals surface area (Å²) in [6, 6.07) is 8.70. The molecule has 0 aromatic heterocycles. The lowest BCUT2D eigenvalue weighted by molar-refractivity contribution is -0.152. The minimum absolute atomic E-state index is 0.0413. The number of hydrogen-bond acceptors (Lipinski definition) is 2. The lowest BCUT2D eigenvalue weighted by Gasteiger charge is -2.42. The highest BCUT2D eigenvalue weighted by atomic mass is 16.2. The zero-order chi connectivity index (χ0) is 15.4. The maximum absolute atomic E-state index is 12.8. The van der Waals surface area contributed by atoms with E-state index < -0.39 is 6.04 Å². The zero-order valence-corrected chi connectivity index (χ0v) is 13.0. The molecule has 1 heterocycles. The number of rotatable bonds is 5. The molecule has 1 saturated heterocycles. The van der Waals surface area contributed by atoms with E-state index in [0.717, 1.165) is 18.4 Å². The number of benzene rings is 1. The van der Waals surface area contributed by atoms with Crippen LogP contribution in [0.5, 0.6) is 0 Å². The van der Waals surface area contributed by atoms with Gasteiger partial charge in [-0.2, -0.15) is 0 Å². The minimum atomic E-state index is -0.512. The van der Waals surface area contributed by atoms with Gasteiger partial charge in [0.2, 0.25) is 11.8 Å². The molecule has 1 aliphatic heterocycles. The largest absolute Gasteiger partial charge is 0.342 e. The maximum Gasteiger partial charge on any atom is 0.248 e. The third kappa shape index (κ3) is 3.09. The van der Waals surface area contributed by atoms with Gasteiger partial charge in [0.05, 0.1) is 0 Å². The third-order valence-electron chi connectivity index (χ3n) is 4.15. The summed E-state index contributed by atoms with van der Waals surface area (Å²) < 4.78 is 0. The normalized spacial score (nSPS) is 23.9. The number of amides is 2. The summed E-state index contributed by atoms with van der Waals surface area (Å²) in [5.74, 6) is -0.0285. The fourth-order valence-corrected chi connectivity index (χ4v) is 2.85. The van der Waals surface area contributed by atoms with Crippen LogP contribution in [0, 0.1) is 0 Å². The van der Waals surface area contributed by atoms with E-state index in [4.69, 9.17) is 0 Å². The van der Waals surface area contributed by atoms with Gasteiger partial charge in [0.1, 0.15) is 12.1 Å². The quantitative estimate of drug-likeness (QED) is 0.905. The van der Waals surface area contributed by atoms with Crippen molar-refractivity contribution in [3.63, 3.8) is 0 Å². The predicted molar refractivity (Wildman–Crippen MR) is 82.6 cm³/mol. The number of nitrogens with one attached hydrogen (secondary N) is 1. The van der Waals surface area contributed by atoms with Crippen molar-refractivity contribution in [3.8, 4) is 0 Å². The average Bonchev–Trinajstić information content (AvgIpc) is 2.50. The SMILES string of the molecule is CCCC1NC(=O)C(c2ccccc2)N(C(C)CC)C1=O. The molecule has 0 spiro atoms. The summed E-state index contributed by atoms with van der Waals surface area (Å²) in [5.41, 5.74) is 0.874. The Morgan fingerprint density at radius 3 is 2.43 bits per heavy atom. The van der Waals surface area contributed by atoms with Gasteiger partial charge in [-0.25, -0.2) is 0 Å². The Kier molecular flexibility index (Phi) is 4.99. The first-order valence-electron chi connectivity index (χ1n) is 7.77. The van der Waals surface area contributed by atoms with E-state index in [-0.39, 0.29) is 23.9 Å². The van der Waals surface area contributed by atoms with Crippen LogP contribution in [0.4, 0.5) is 0 Å². The molecule has 2 amide bonds. The Hall–Kier alpha value is -1.84. The summed E-state index contributed by atoms with van der Waals surface area (Å²) in [4.78, 5) is 27.1. The lowest BCUT2D eigenvalue weighted by atomic mass is 9.95. The highest BCUT2D eigenvalue weighted by Gasteiger charge is 2.42. The molecule has 3 unspecified atom stereocenters. The fourth-order valence-electron chi connectivity index (χ4n) is 2.85. The van der Waals surface area contributed by atoms with E-state index in [1.165, 1.54) is 0 Å². The summed E-state index contributed by atoms with van der Waals surface area (Å²) in [7, 11) is 0. The van der Waals surface area contributed by atoms with Gasteiger partial charge in [-0.3, -0.25) is 9.59 Å². The van der Waals surface area contributed by atoms with E-state index in [2.05, 4.69) is 5.32 Å². The molecular formula is C17H24N2O2. The summed E-state index contributed by atoms with van der Waals surface area (Å²) in [6.45, 7) is 6.08. The molecule has 2 rings (SSSR count). The van der Waals surface area contributed by atoms with Crippen molar-refractivity contribution in [1.82, 2.24) is 10.2 Å². The van der Waals surface area contributed by atoms with Crippen LogP contribution in [0.3, 0.4) is 0 Å². The van der Waals surface area contributed by atoms with E-state index in [1.807, 2.05) is 51.1 Å². The van der Waals surface area contributed by atoms with Crippen molar-refractivity contribution in [3.05, 3.63) is 35.9 Å². The molecule has 0 radical (unpaired) electrons. The molecule has 3 atom stereocenters. The highest BCUT2D eigenvalue weighted by molar-refractivity contribution is 5.97. The van der Waals surface area contributed by atoms with Gasteiger partial charge in [0.25, 0.3) is 0 Å². The van der Waals surface area contributed by atoms with Gasteiger partial charge in [0.15, 0.2) is 0 Å². The predicted octanol–water partition coefficient (Wildman–Crippen LogP) is 2.65. The minimum Gasteiger partial charge on any atom is -0.342 e. The second-order valence-electron chi connectivity index (χ2n) is 5.67. The van der Waals surface area contributed by atoms with Gasteiger partial charge < -0.3 is 10.2 Å². The Morgan fingerprint density at radius 1 is 1.19 bits per heavy atom. The van der Waals surface area contributed by atoms with Gasteiger partial charge in [-0.15, -0.1) is 0 Å². The smallest absolute Gasteiger partial charge is 0.248 e. The number of nitrogens with zero attached hydrogens (tertiary/aromatic N) is 1. The Labute approximate surface area is 126 Å². The van der Waals surface area contributed by atoms with Crippen LogP contribution in [0.2, 0.25) is 0 Å². The molecule has 0 bridgehead atoms. The monoisotopic (exact) mass is 288 g/mol. The van der Waals surface area contributed by atoms with E-state index >= 15 is 0 Å². The van der Waals surface area contributed by atoms with Gasteiger partial charge in [-0.05, 0) is 25.3 Å². The zero-order valence-electron chi connectivity index (χ0n) is 13.0. The van der Waals surface area contributed by atoms with Crippen molar-refractivity contribution in [2.75, 3.05) is 0 Å². The van der Waals surface area contributed by atoms with Crippen LogP contribution in [-0.4, -0.2) is 28.8 Å². The van der Waals surface area contributed by atoms with Crippen molar-refractivity contribution in [2.45, 2.75) is 58.2 Å². The second-order valence-corrected chi connectivity index (χ2v) is 5.67. The number of piperazine rings is 1. The molecule has 1 aromatic carbocycles.